The third kappa shape index (κ3) is 9.31. The number of piperidine rings is 2. The van der Waals surface area contributed by atoms with Crippen LogP contribution in [0.15, 0.2) is 120 Å². The van der Waals surface area contributed by atoms with Gasteiger partial charge in [0, 0.05) is 47.7 Å². The summed E-state index contributed by atoms with van der Waals surface area (Å²) in [7, 11) is 7.54. The number of carbonyl (C=O) groups is 6. The second-order valence-electron chi connectivity index (χ2n) is 21.2. The summed E-state index contributed by atoms with van der Waals surface area (Å²) in [6, 6.07) is 30.4. The Bertz CT molecular complexity index is 2700. The van der Waals surface area contributed by atoms with Gasteiger partial charge in [0.15, 0.2) is 5.76 Å². The van der Waals surface area contributed by atoms with Crippen molar-refractivity contribution in [2.24, 2.45) is 11.8 Å². The lowest BCUT2D eigenvalue weighted by molar-refractivity contribution is -0.149. The summed E-state index contributed by atoms with van der Waals surface area (Å²) in [6.07, 6.45) is 7.17. The average Bonchev–Trinajstić information content (AvgIpc) is 3.85. The molecule has 0 radical (unpaired) electrons. The molecule has 11 rings (SSSR count). The van der Waals surface area contributed by atoms with Crippen molar-refractivity contribution in [3.63, 3.8) is 0 Å². The minimum atomic E-state index is -0.644. The van der Waals surface area contributed by atoms with Crippen molar-refractivity contribution in [2.75, 3.05) is 51.9 Å². The van der Waals surface area contributed by atoms with Crippen LogP contribution in [0.1, 0.15) is 74.6 Å². The van der Waals surface area contributed by atoms with Crippen LogP contribution in [0.5, 0.6) is 0 Å². The first-order chi connectivity index (χ1) is 35.3. The van der Waals surface area contributed by atoms with Crippen molar-refractivity contribution in [3.8, 4) is 22.8 Å². The molecule has 0 bridgehead atoms. The number of rotatable bonds is 14. The molecular formula is C57H63N9O7. The molecule has 2 saturated carbocycles. The van der Waals surface area contributed by atoms with E-state index in [0.717, 1.165) is 29.5 Å². The third-order valence-electron chi connectivity index (χ3n) is 16.0. The number of hydrogen-bond acceptors (Lipinski definition) is 10. The Balaban J connectivity index is 0.691. The van der Waals surface area contributed by atoms with E-state index in [1.165, 1.54) is 0 Å². The molecular weight excluding hydrogens is 923 g/mol. The number of nitrogens with zero attached hydrogens (tertiary/aromatic N) is 7. The number of likely N-dealkylation sites (N-methyl/N-ethyl adjacent to an activating group) is 2. The number of likely N-dealkylation sites (tertiary alicyclic amines) is 4. The Morgan fingerprint density at radius 2 is 0.973 bits per heavy atom. The van der Waals surface area contributed by atoms with E-state index < -0.39 is 36.3 Å². The first-order valence-corrected chi connectivity index (χ1v) is 25.8. The molecule has 378 valence electrons. The van der Waals surface area contributed by atoms with Gasteiger partial charge >= 0.3 is 0 Å². The minimum Gasteiger partial charge on any atom is -0.436 e. The van der Waals surface area contributed by atoms with Crippen LogP contribution < -0.4 is 10.6 Å². The number of aromatic nitrogens is 1. The summed E-state index contributed by atoms with van der Waals surface area (Å²) >= 11 is 0. The number of carbonyl (C=O) groups excluding carboxylic acids is 6. The molecule has 16 heteroatoms. The van der Waals surface area contributed by atoms with Gasteiger partial charge in [0.05, 0.1) is 6.20 Å². The minimum absolute atomic E-state index is 0.0542. The normalized spacial score (nSPS) is 25.6. The van der Waals surface area contributed by atoms with E-state index in [4.69, 9.17) is 4.42 Å². The molecule has 73 heavy (non-hydrogen) atoms. The van der Waals surface area contributed by atoms with Crippen LogP contribution in [0.25, 0.3) is 22.8 Å². The lowest BCUT2D eigenvalue weighted by atomic mass is 10.0. The average molecular weight is 986 g/mol. The lowest BCUT2D eigenvalue weighted by Gasteiger charge is -2.36. The zero-order valence-electron chi connectivity index (χ0n) is 41.8. The van der Waals surface area contributed by atoms with E-state index in [2.05, 4.69) is 15.6 Å². The van der Waals surface area contributed by atoms with Crippen LogP contribution in [-0.4, -0.2) is 147 Å². The molecule has 4 aromatic carbocycles. The van der Waals surface area contributed by atoms with Gasteiger partial charge in [0.25, 0.3) is 0 Å². The summed E-state index contributed by atoms with van der Waals surface area (Å²) < 4.78 is 6.18. The Kier molecular flexibility index (Phi) is 13.0. The van der Waals surface area contributed by atoms with Crippen molar-refractivity contribution >= 4 is 46.8 Å². The van der Waals surface area contributed by atoms with Crippen LogP contribution in [0.3, 0.4) is 0 Å². The van der Waals surface area contributed by atoms with Crippen LogP contribution in [-0.2, 0) is 28.8 Å². The number of anilines is 2. The molecule has 2 N–H and O–H groups in total. The number of hydrogen-bond donors (Lipinski definition) is 2. The fourth-order valence-electron chi connectivity index (χ4n) is 12.3. The van der Waals surface area contributed by atoms with Crippen molar-refractivity contribution in [1.82, 2.24) is 34.4 Å². The molecule has 1 aromatic heterocycles. The molecule has 5 heterocycles. The molecule has 4 aliphatic heterocycles. The standard InChI is InChI=1S/C57H63N9O7/c1-61(2)49(35-13-7-5-8-14-35)56(71)65-44-29-38(44)31-46(65)54(69)63-27-11-17-42(63)51(67)59-40-23-19-34(20-24-40)48-33-58-53(73-48)37-21-25-41(26-22-37)60-52(68)43-18-12-28-64(43)55(70)47-32-39-30-45(39)66(47)57(72)50(62(3)4)36-15-9-6-10-16-36/h5-10,13-16,19-26,33,38-39,42-47,49-50H,11-12,17-18,27-32H2,1-4H3,(H,59,67)(H,60,68)/t38-,39-,42-,43-,44-,45-,46-,47-,49+,50+/m0/s1. The molecule has 5 aromatic rings. The SMILES string of the molecule is CN(C)[C@@H](C(=O)N1[C@H](C(=O)N2CCC[C@H]2C(=O)Nc2ccc(-c3cnc(-c4ccc(NC(=O)[C@@H]5CCCN5C(=O)[C@@H]5C[C@@H]6C[C@@H]6N5C(=O)[C@@H](c5ccccc5)N(C)C)cc4)o3)cc2)C[C@@H]2C[C@@H]21)c1ccccc1. The number of oxazole rings is 1. The van der Waals surface area contributed by atoms with Gasteiger partial charge in [-0.25, -0.2) is 4.98 Å². The van der Waals surface area contributed by atoms with Gasteiger partial charge in [-0.1, -0.05) is 60.7 Å². The Morgan fingerprint density at radius 1 is 0.548 bits per heavy atom. The number of nitrogens with one attached hydrogen (secondary N) is 2. The first kappa shape index (κ1) is 48.1. The van der Waals surface area contributed by atoms with E-state index in [-0.39, 0.29) is 47.5 Å². The Labute approximate surface area is 425 Å². The van der Waals surface area contributed by atoms with Crippen molar-refractivity contribution in [3.05, 3.63) is 127 Å². The fraction of sp³-hybridized carbons (Fsp3) is 0.421. The smallest absolute Gasteiger partial charge is 0.247 e. The van der Waals surface area contributed by atoms with Gasteiger partial charge in [0.1, 0.15) is 36.3 Å². The summed E-state index contributed by atoms with van der Waals surface area (Å²) in [5.41, 5.74) is 4.37. The summed E-state index contributed by atoms with van der Waals surface area (Å²) in [5.74, 6) is 0.555. The topological polar surface area (TPSA) is 172 Å². The number of fused-ring (bicyclic) bond motifs is 2. The Morgan fingerprint density at radius 3 is 1.40 bits per heavy atom. The molecule has 6 aliphatic rings. The predicted molar refractivity (Wildman–Crippen MR) is 274 cm³/mol. The summed E-state index contributed by atoms with van der Waals surface area (Å²) in [4.78, 5) is 100.0. The molecule has 6 amide bonds. The van der Waals surface area contributed by atoms with E-state index in [0.29, 0.717) is 92.0 Å². The van der Waals surface area contributed by atoms with Crippen LogP contribution in [0, 0.1) is 11.8 Å². The summed E-state index contributed by atoms with van der Waals surface area (Å²) in [6.45, 7) is 0.926. The molecule has 0 spiro atoms. The quantitative estimate of drug-likeness (QED) is 0.126. The Hall–Kier alpha value is -7.17. The van der Waals surface area contributed by atoms with E-state index >= 15 is 0 Å². The molecule has 4 saturated heterocycles. The van der Waals surface area contributed by atoms with Gasteiger partial charge in [-0.15, -0.1) is 0 Å². The van der Waals surface area contributed by atoms with Gasteiger partial charge in [0.2, 0.25) is 41.3 Å². The van der Waals surface area contributed by atoms with Gasteiger partial charge in [-0.05, 0) is 151 Å². The molecule has 6 fully saturated rings. The maximum atomic E-state index is 14.3. The highest BCUT2D eigenvalue weighted by Crippen LogP contribution is 2.51. The third-order valence-corrected chi connectivity index (χ3v) is 16.0. The highest BCUT2D eigenvalue weighted by molar-refractivity contribution is 6.01. The second kappa shape index (κ2) is 19.7. The zero-order valence-corrected chi connectivity index (χ0v) is 41.8. The lowest BCUT2D eigenvalue weighted by Crippen LogP contribution is -2.54. The number of amides is 6. The molecule has 10 atom stereocenters. The van der Waals surface area contributed by atoms with Crippen molar-refractivity contribution in [1.29, 1.82) is 0 Å². The number of benzene rings is 4. The van der Waals surface area contributed by atoms with Gasteiger partial charge in [-0.2, -0.15) is 0 Å². The van der Waals surface area contributed by atoms with Crippen molar-refractivity contribution in [2.45, 2.75) is 99.7 Å². The summed E-state index contributed by atoms with van der Waals surface area (Å²) in [5, 5.41) is 6.04. The van der Waals surface area contributed by atoms with E-state index in [1.54, 1.807) is 40.3 Å². The predicted octanol–water partition coefficient (Wildman–Crippen LogP) is 6.45. The van der Waals surface area contributed by atoms with E-state index in [1.807, 2.05) is 133 Å². The molecule has 16 nitrogen and oxygen atoms in total. The van der Waals surface area contributed by atoms with Gasteiger partial charge < -0.3 is 34.7 Å². The maximum Gasteiger partial charge on any atom is 0.247 e. The van der Waals surface area contributed by atoms with Crippen LogP contribution in [0.4, 0.5) is 11.4 Å². The maximum absolute atomic E-state index is 14.3. The second-order valence-corrected chi connectivity index (χ2v) is 21.2. The van der Waals surface area contributed by atoms with Crippen LogP contribution in [0.2, 0.25) is 0 Å². The monoisotopic (exact) mass is 985 g/mol. The first-order valence-electron chi connectivity index (χ1n) is 25.8. The highest BCUT2D eigenvalue weighted by Gasteiger charge is 2.60. The highest BCUT2D eigenvalue weighted by atomic mass is 16.4. The van der Waals surface area contributed by atoms with Gasteiger partial charge in [-0.3, -0.25) is 38.6 Å². The van der Waals surface area contributed by atoms with Crippen molar-refractivity contribution < 1.29 is 33.2 Å². The fourth-order valence-corrected chi connectivity index (χ4v) is 12.3. The van der Waals surface area contributed by atoms with E-state index in [9.17, 15) is 28.8 Å². The zero-order chi connectivity index (χ0) is 50.7. The van der Waals surface area contributed by atoms with Crippen LogP contribution >= 0.6 is 0 Å². The molecule has 2 aliphatic carbocycles. The molecule has 0 unspecified atom stereocenters. The largest absolute Gasteiger partial charge is 0.436 e.